The first kappa shape index (κ1) is 16.7. The summed E-state index contributed by atoms with van der Waals surface area (Å²) in [5.74, 6) is -0.524. The Morgan fingerprint density at radius 1 is 1.17 bits per heavy atom. The summed E-state index contributed by atoms with van der Waals surface area (Å²) in [7, 11) is 0. The maximum absolute atomic E-state index is 11.8. The Kier molecular flexibility index (Phi) is 5.45. The molecule has 1 saturated carbocycles. The van der Waals surface area contributed by atoms with Crippen molar-refractivity contribution in [2.24, 2.45) is 0 Å². The second kappa shape index (κ2) is 7.52. The number of amides is 1. The van der Waals surface area contributed by atoms with E-state index < -0.39 is 21.2 Å². The molecule has 0 unspecified atom stereocenters. The minimum atomic E-state index is -0.776. The summed E-state index contributed by atoms with van der Waals surface area (Å²) >= 11 is 0. The Bertz CT molecular complexity index is 613. The summed E-state index contributed by atoms with van der Waals surface area (Å²) in [6.07, 6.45) is 5.14. The highest BCUT2D eigenvalue weighted by Crippen LogP contribution is 2.30. The van der Waals surface area contributed by atoms with Crippen LogP contribution in [0.1, 0.15) is 32.1 Å². The molecule has 1 aromatic rings. The van der Waals surface area contributed by atoms with Gasteiger partial charge in [0.25, 0.3) is 11.6 Å². The molecule has 1 aliphatic carbocycles. The van der Waals surface area contributed by atoms with E-state index in [0.29, 0.717) is 0 Å². The van der Waals surface area contributed by atoms with Crippen LogP contribution in [-0.4, -0.2) is 28.4 Å². The molecule has 1 amide bonds. The lowest BCUT2D eigenvalue weighted by Gasteiger charge is -2.22. The first-order chi connectivity index (χ1) is 11.0. The van der Waals surface area contributed by atoms with Gasteiger partial charge in [0.15, 0.2) is 12.4 Å². The average molecular weight is 323 g/mol. The minimum Gasteiger partial charge on any atom is -0.477 e. The Balaban J connectivity index is 1.97. The van der Waals surface area contributed by atoms with Gasteiger partial charge in [-0.05, 0) is 18.9 Å². The van der Waals surface area contributed by atoms with Gasteiger partial charge < -0.3 is 10.1 Å². The quantitative estimate of drug-likeness (QED) is 0.632. The third-order valence-electron chi connectivity index (χ3n) is 3.68. The minimum absolute atomic E-state index is 0.117. The van der Waals surface area contributed by atoms with Crippen LogP contribution in [0.25, 0.3) is 0 Å². The number of carbonyl (C=O) groups excluding carboxylic acids is 1. The van der Waals surface area contributed by atoms with Crippen LogP contribution in [-0.2, 0) is 4.79 Å². The maximum atomic E-state index is 11.8. The van der Waals surface area contributed by atoms with E-state index in [4.69, 9.17) is 4.74 Å². The van der Waals surface area contributed by atoms with Gasteiger partial charge >= 0.3 is 5.69 Å². The topological polar surface area (TPSA) is 125 Å². The van der Waals surface area contributed by atoms with Gasteiger partial charge in [-0.1, -0.05) is 19.3 Å². The lowest BCUT2D eigenvalue weighted by atomic mass is 9.95. The van der Waals surface area contributed by atoms with E-state index in [1.807, 2.05) is 0 Å². The second-order valence-electron chi connectivity index (χ2n) is 5.36. The number of non-ortho nitro benzene ring substituents is 1. The fraction of sp³-hybridized carbons (Fsp3) is 0.500. The Hall–Kier alpha value is -2.71. The lowest BCUT2D eigenvalue weighted by Crippen LogP contribution is -2.39. The summed E-state index contributed by atoms with van der Waals surface area (Å²) in [6, 6.07) is 3.16. The van der Waals surface area contributed by atoms with Crippen molar-refractivity contribution < 1.29 is 19.4 Å². The number of ether oxygens (including phenoxy) is 1. The molecule has 1 fully saturated rings. The molecule has 0 aromatic heterocycles. The molecule has 1 N–H and O–H groups in total. The molecule has 0 saturated heterocycles. The van der Waals surface area contributed by atoms with Gasteiger partial charge in [-0.2, -0.15) is 0 Å². The predicted octanol–water partition coefficient (Wildman–Crippen LogP) is 2.33. The first-order valence-corrected chi connectivity index (χ1v) is 7.32. The van der Waals surface area contributed by atoms with Crippen LogP contribution < -0.4 is 10.1 Å². The Morgan fingerprint density at radius 3 is 2.48 bits per heavy atom. The standard InChI is InChI=1S/C14H17N3O6/c18-14(15-10-4-2-1-3-5-10)9-23-13-7-6-11(16(19)20)8-12(13)17(21)22/h6-8,10H,1-5,9H2,(H,15,18). The number of nitrogens with zero attached hydrogens (tertiary/aromatic N) is 2. The number of hydrogen-bond acceptors (Lipinski definition) is 6. The molecule has 0 bridgehead atoms. The van der Waals surface area contributed by atoms with Crippen molar-refractivity contribution in [2.75, 3.05) is 6.61 Å². The van der Waals surface area contributed by atoms with Crippen LogP contribution >= 0.6 is 0 Å². The number of carbonyl (C=O) groups is 1. The molecule has 0 atom stereocenters. The van der Waals surface area contributed by atoms with E-state index in [-0.39, 0.29) is 24.3 Å². The summed E-state index contributed by atoms with van der Waals surface area (Å²) in [5.41, 5.74) is -0.944. The van der Waals surface area contributed by atoms with Crippen LogP contribution in [0.2, 0.25) is 0 Å². The smallest absolute Gasteiger partial charge is 0.317 e. The molecule has 2 rings (SSSR count). The van der Waals surface area contributed by atoms with Gasteiger partial charge in [0.1, 0.15) is 0 Å². The SMILES string of the molecule is O=C(COc1ccc([N+](=O)[O-])cc1[N+](=O)[O-])NC1CCCCC1. The fourth-order valence-electron chi connectivity index (χ4n) is 2.54. The van der Waals surface area contributed by atoms with Crippen molar-refractivity contribution in [1.29, 1.82) is 0 Å². The molecular weight excluding hydrogens is 306 g/mol. The molecule has 9 heteroatoms. The van der Waals surface area contributed by atoms with E-state index in [9.17, 15) is 25.0 Å². The summed E-state index contributed by atoms with van der Waals surface area (Å²) in [5, 5.41) is 24.4. The summed E-state index contributed by atoms with van der Waals surface area (Å²) in [4.78, 5) is 31.9. The summed E-state index contributed by atoms with van der Waals surface area (Å²) < 4.78 is 5.16. The number of hydrogen-bond donors (Lipinski definition) is 1. The molecule has 1 aliphatic rings. The monoisotopic (exact) mass is 323 g/mol. The van der Waals surface area contributed by atoms with E-state index >= 15 is 0 Å². The van der Waals surface area contributed by atoms with Gasteiger partial charge in [-0.3, -0.25) is 25.0 Å². The second-order valence-corrected chi connectivity index (χ2v) is 5.36. The van der Waals surface area contributed by atoms with Crippen LogP contribution in [0.4, 0.5) is 11.4 Å². The molecule has 1 aromatic carbocycles. The largest absolute Gasteiger partial charge is 0.477 e. The van der Waals surface area contributed by atoms with Crippen molar-refractivity contribution >= 4 is 17.3 Å². The number of rotatable bonds is 6. The van der Waals surface area contributed by atoms with Gasteiger partial charge in [0, 0.05) is 12.1 Å². The predicted molar refractivity (Wildman–Crippen MR) is 80.3 cm³/mol. The first-order valence-electron chi connectivity index (χ1n) is 7.32. The zero-order chi connectivity index (χ0) is 16.8. The van der Waals surface area contributed by atoms with Gasteiger partial charge in [0.05, 0.1) is 15.9 Å². The molecule has 23 heavy (non-hydrogen) atoms. The number of nitro groups is 2. The maximum Gasteiger partial charge on any atom is 0.317 e. The van der Waals surface area contributed by atoms with Gasteiger partial charge in [0.2, 0.25) is 0 Å². The molecule has 124 valence electrons. The highest BCUT2D eigenvalue weighted by Gasteiger charge is 2.22. The molecule has 9 nitrogen and oxygen atoms in total. The number of benzene rings is 1. The van der Waals surface area contributed by atoms with E-state index in [1.165, 1.54) is 0 Å². The molecule has 0 aliphatic heterocycles. The van der Waals surface area contributed by atoms with Crippen LogP contribution in [0.15, 0.2) is 18.2 Å². The van der Waals surface area contributed by atoms with Gasteiger partial charge in [-0.15, -0.1) is 0 Å². The van der Waals surface area contributed by atoms with Crippen LogP contribution in [0.5, 0.6) is 5.75 Å². The van der Waals surface area contributed by atoms with Gasteiger partial charge in [-0.25, -0.2) is 0 Å². The number of nitrogens with one attached hydrogen (secondary N) is 1. The highest BCUT2D eigenvalue weighted by molar-refractivity contribution is 5.78. The summed E-state index contributed by atoms with van der Waals surface area (Å²) in [6.45, 7) is -0.366. The molecular formula is C14H17N3O6. The van der Waals surface area contributed by atoms with Crippen molar-refractivity contribution in [3.63, 3.8) is 0 Å². The third-order valence-corrected chi connectivity index (χ3v) is 3.68. The van der Waals surface area contributed by atoms with E-state index in [0.717, 1.165) is 50.3 Å². The molecule has 0 radical (unpaired) electrons. The van der Waals surface area contributed by atoms with Crippen molar-refractivity contribution in [3.8, 4) is 5.75 Å². The van der Waals surface area contributed by atoms with Crippen LogP contribution in [0.3, 0.4) is 0 Å². The highest BCUT2D eigenvalue weighted by atomic mass is 16.6. The Morgan fingerprint density at radius 2 is 1.87 bits per heavy atom. The average Bonchev–Trinajstić information content (AvgIpc) is 2.53. The molecule has 0 spiro atoms. The zero-order valence-corrected chi connectivity index (χ0v) is 12.4. The number of nitro benzene ring substituents is 2. The zero-order valence-electron chi connectivity index (χ0n) is 12.4. The van der Waals surface area contributed by atoms with E-state index in [2.05, 4.69) is 5.32 Å². The fourth-order valence-corrected chi connectivity index (χ4v) is 2.54. The van der Waals surface area contributed by atoms with E-state index in [1.54, 1.807) is 0 Å². The van der Waals surface area contributed by atoms with Crippen molar-refractivity contribution in [3.05, 3.63) is 38.4 Å². The van der Waals surface area contributed by atoms with Crippen LogP contribution in [0, 0.1) is 20.2 Å². The normalized spacial score (nSPS) is 15.0. The third kappa shape index (κ3) is 4.63. The Labute approximate surface area is 131 Å². The lowest BCUT2D eigenvalue weighted by molar-refractivity contribution is -0.394. The van der Waals surface area contributed by atoms with Crippen molar-refractivity contribution in [1.82, 2.24) is 5.32 Å². The van der Waals surface area contributed by atoms with Crippen molar-refractivity contribution in [2.45, 2.75) is 38.1 Å². The molecule has 0 heterocycles.